The lowest BCUT2D eigenvalue weighted by Crippen LogP contribution is -2.10. The predicted octanol–water partition coefficient (Wildman–Crippen LogP) is 4.52. The molecule has 3 rings (SSSR count). The molecule has 0 atom stereocenters. The molecule has 0 radical (unpaired) electrons. The van der Waals surface area contributed by atoms with E-state index in [0.29, 0.717) is 17.2 Å². The molecule has 0 fully saturated rings. The van der Waals surface area contributed by atoms with Crippen molar-refractivity contribution in [3.63, 3.8) is 0 Å². The van der Waals surface area contributed by atoms with Crippen LogP contribution in [-0.4, -0.2) is 4.98 Å². The molecule has 0 aliphatic heterocycles. The number of azide groups is 1. The number of para-hydroxylation sites is 1. The van der Waals surface area contributed by atoms with E-state index in [2.05, 4.69) is 26.4 Å². The summed E-state index contributed by atoms with van der Waals surface area (Å²) < 4.78 is 0. The fourth-order valence-corrected chi connectivity index (χ4v) is 2.79. The fraction of sp³-hybridized carbons (Fsp3) is 0.250. The summed E-state index contributed by atoms with van der Waals surface area (Å²) in [4.78, 5) is 7.26. The van der Waals surface area contributed by atoms with Crippen LogP contribution in [0.15, 0.2) is 35.4 Å². The van der Waals surface area contributed by atoms with Gasteiger partial charge in [0.1, 0.15) is 17.7 Å². The number of nitrogens with one attached hydrogen (secondary N) is 1. The Bertz CT molecular complexity index is 785. The monoisotopic (exact) mass is 290 g/mol. The molecule has 2 aromatic rings. The molecule has 0 unspecified atom stereocenters. The lowest BCUT2D eigenvalue weighted by molar-refractivity contribution is 0.681. The molecule has 0 amide bonds. The number of nitrogens with zero attached hydrogens (tertiary/aromatic N) is 5. The lowest BCUT2D eigenvalue weighted by atomic mass is 9.89. The van der Waals surface area contributed by atoms with E-state index >= 15 is 0 Å². The molecule has 108 valence electrons. The van der Waals surface area contributed by atoms with Gasteiger partial charge in [-0.3, -0.25) is 0 Å². The molecule has 0 bridgehead atoms. The van der Waals surface area contributed by atoms with Gasteiger partial charge in [-0.15, -0.1) is 0 Å². The highest BCUT2D eigenvalue weighted by molar-refractivity contribution is 5.69. The molecule has 1 aromatic carbocycles. The number of nitriles is 1. The second-order valence-electron chi connectivity index (χ2n) is 5.12. The fourth-order valence-electron chi connectivity index (χ4n) is 2.79. The van der Waals surface area contributed by atoms with Crippen molar-refractivity contribution in [2.75, 3.05) is 5.32 Å². The Labute approximate surface area is 128 Å². The van der Waals surface area contributed by atoms with Gasteiger partial charge in [-0.25, -0.2) is 4.98 Å². The van der Waals surface area contributed by atoms with E-state index in [9.17, 15) is 5.26 Å². The van der Waals surface area contributed by atoms with Gasteiger partial charge >= 0.3 is 0 Å². The van der Waals surface area contributed by atoms with E-state index in [4.69, 9.17) is 5.53 Å². The first-order valence-corrected chi connectivity index (χ1v) is 7.16. The molecule has 1 heterocycles. The van der Waals surface area contributed by atoms with Gasteiger partial charge in [0.15, 0.2) is 0 Å². The number of benzene rings is 1. The van der Waals surface area contributed by atoms with Crippen molar-refractivity contribution < 1.29 is 0 Å². The van der Waals surface area contributed by atoms with Gasteiger partial charge in [0, 0.05) is 10.6 Å². The molecule has 1 aromatic heterocycles. The Morgan fingerprint density at radius 1 is 1.18 bits per heavy atom. The Morgan fingerprint density at radius 2 is 1.91 bits per heavy atom. The number of pyridine rings is 1. The summed E-state index contributed by atoms with van der Waals surface area (Å²) in [5.41, 5.74) is 12.0. The van der Waals surface area contributed by atoms with Crippen LogP contribution in [0.1, 0.15) is 29.5 Å². The van der Waals surface area contributed by atoms with Crippen molar-refractivity contribution >= 4 is 17.3 Å². The minimum absolute atomic E-state index is 0.384. The Kier molecular flexibility index (Phi) is 3.90. The van der Waals surface area contributed by atoms with Crippen molar-refractivity contribution in [2.45, 2.75) is 25.7 Å². The first-order chi connectivity index (χ1) is 10.8. The minimum Gasteiger partial charge on any atom is -0.339 e. The van der Waals surface area contributed by atoms with Crippen LogP contribution in [0.4, 0.5) is 17.3 Å². The van der Waals surface area contributed by atoms with Gasteiger partial charge in [0.2, 0.25) is 0 Å². The number of rotatable bonds is 3. The molecule has 0 saturated heterocycles. The molecule has 6 heteroatoms. The maximum Gasteiger partial charge on any atom is 0.149 e. The van der Waals surface area contributed by atoms with Crippen LogP contribution in [0.25, 0.3) is 10.4 Å². The van der Waals surface area contributed by atoms with E-state index in [-0.39, 0.29) is 0 Å². The standard InChI is InChI=1S/C16H14N6/c17-10-14-12-8-4-5-9-13(12)16(21-22-18)20-15(14)19-11-6-2-1-3-7-11/h1-3,6-7H,4-5,8-9H2,(H,19,20). The zero-order valence-electron chi connectivity index (χ0n) is 12.0. The third-order valence-corrected chi connectivity index (χ3v) is 3.78. The van der Waals surface area contributed by atoms with Crippen LogP contribution in [0.3, 0.4) is 0 Å². The molecular formula is C16H14N6. The molecule has 1 aliphatic carbocycles. The first kappa shape index (κ1) is 13.9. The number of fused-ring (bicyclic) bond motifs is 1. The summed E-state index contributed by atoms with van der Waals surface area (Å²) in [5.74, 6) is 0.839. The molecule has 0 saturated carbocycles. The molecule has 1 N–H and O–H groups in total. The summed E-state index contributed by atoms with van der Waals surface area (Å²) >= 11 is 0. The van der Waals surface area contributed by atoms with Gasteiger partial charge in [-0.1, -0.05) is 18.2 Å². The Hall–Kier alpha value is -3.03. The highest BCUT2D eigenvalue weighted by Gasteiger charge is 2.21. The summed E-state index contributed by atoms with van der Waals surface area (Å²) in [5, 5.41) is 16.4. The van der Waals surface area contributed by atoms with Crippen molar-refractivity contribution in [2.24, 2.45) is 5.11 Å². The van der Waals surface area contributed by atoms with E-state index in [1.54, 1.807) is 0 Å². The molecule has 22 heavy (non-hydrogen) atoms. The van der Waals surface area contributed by atoms with Crippen LogP contribution < -0.4 is 5.32 Å². The average molecular weight is 290 g/mol. The molecular weight excluding hydrogens is 276 g/mol. The Morgan fingerprint density at radius 3 is 2.59 bits per heavy atom. The minimum atomic E-state index is 0.384. The van der Waals surface area contributed by atoms with E-state index in [1.165, 1.54) is 0 Å². The van der Waals surface area contributed by atoms with E-state index in [1.807, 2.05) is 30.3 Å². The van der Waals surface area contributed by atoms with Gasteiger partial charge < -0.3 is 5.32 Å². The highest BCUT2D eigenvalue weighted by atomic mass is 15.2. The maximum absolute atomic E-state index is 9.54. The SMILES string of the molecule is N#Cc1c(Nc2ccccc2)nc(N=[N+]=[N-])c2c1CCCC2. The van der Waals surface area contributed by atoms with Gasteiger partial charge in [0.25, 0.3) is 0 Å². The normalized spacial score (nSPS) is 12.7. The predicted molar refractivity (Wildman–Crippen MR) is 84.1 cm³/mol. The van der Waals surface area contributed by atoms with Gasteiger partial charge in [0.05, 0.1) is 5.56 Å². The van der Waals surface area contributed by atoms with Crippen molar-refractivity contribution in [3.8, 4) is 6.07 Å². The zero-order valence-corrected chi connectivity index (χ0v) is 12.0. The zero-order chi connectivity index (χ0) is 15.4. The third kappa shape index (κ3) is 2.58. The second-order valence-corrected chi connectivity index (χ2v) is 5.12. The number of hydrogen-bond donors (Lipinski definition) is 1. The van der Waals surface area contributed by atoms with Crippen LogP contribution in [0.2, 0.25) is 0 Å². The first-order valence-electron chi connectivity index (χ1n) is 7.16. The Balaban J connectivity index is 2.15. The third-order valence-electron chi connectivity index (χ3n) is 3.78. The van der Waals surface area contributed by atoms with Crippen LogP contribution >= 0.6 is 0 Å². The smallest absolute Gasteiger partial charge is 0.149 e. The number of hydrogen-bond acceptors (Lipinski definition) is 4. The van der Waals surface area contributed by atoms with Crippen molar-refractivity contribution in [1.29, 1.82) is 5.26 Å². The van der Waals surface area contributed by atoms with Gasteiger partial charge in [-0.05, 0) is 59.6 Å². The highest BCUT2D eigenvalue weighted by Crippen LogP contribution is 2.35. The quantitative estimate of drug-likeness (QED) is 0.511. The summed E-state index contributed by atoms with van der Waals surface area (Å²) in [7, 11) is 0. The molecule has 0 spiro atoms. The average Bonchev–Trinajstić information content (AvgIpc) is 2.56. The second kappa shape index (κ2) is 6.17. The molecule has 1 aliphatic rings. The van der Waals surface area contributed by atoms with E-state index in [0.717, 1.165) is 42.5 Å². The maximum atomic E-state index is 9.54. The van der Waals surface area contributed by atoms with E-state index < -0.39 is 0 Å². The van der Waals surface area contributed by atoms with Crippen LogP contribution in [0, 0.1) is 11.3 Å². The summed E-state index contributed by atoms with van der Waals surface area (Å²) in [6, 6.07) is 11.8. The van der Waals surface area contributed by atoms with Crippen LogP contribution in [0.5, 0.6) is 0 Å². The number of aromatic nitrogens is 1. The number of anilines is 2. The molecule has 6 nitrogen and oxygen atoms in total. The lowest BCUT2D eigenvalue weighted by Gasteiger charge is -2.20. The topological polar surface area (TPSA) is 97.5 Å². The summed E-state index contributed by atoms with van der Waals surface area (Å²) in [6.45, 7) is 0. The largest absolute Gasteiger partial charge is 0.339 e. The van der Waals surface area contributed by atoms with Gasteiger partial charge in [-0.2, -0.15) is 5.26 Å². The summed E-state index contributed by atoms with van der Waals surface area (Å²) in [6.07, 6.45) is 3.68. The van der Waals surface area contributed by atoms with Crippen molar-refractivity contribution in [1.82, 2.24) is 4.98 Å². The van der Waals surface area contributed by atoms with Crippen LogP contribution in [-0.2, 0) is 12.8 Å². The van der Waals surface area contributed by atoms with Crippen molar-refractivity contribution in [3.05, 3.63) is 57.5 Å².